The van der Waals surface area contributed by atoms with Crippen LogP contribution in [0.25, 0.3) is 11.6 Å². The molecule has 1 N–H and O–H groups in total. The van der Waals surface area contributed by atoms with Crippen molar-refractivity contribution in [2.24, 2.45) is 0 Å². The zero-order chi connectivity index (χ0) is 18.1. The van der Waals surface area contributed by atoms with Crippen LogP contribution in [0.15, 0.2) is 45.8 Å². The summed E-state index contributed by atoms with van der Waals surface area (Å²) in [6.07, 6.45) is 2.29. The number of aromatic amines is 1. The summed E-state index contributed by atoms with van der Waals surface area (Å²) in [6, 6.07) is 9.31. The summed E-state index contributed by atoms with van der Waals surface area (Å²) in [5.41, 5.74) is 2.52. The Hall–Kier alpha value is -2.57. The van der Waals surface area contributed by atoms with Gasteiger partial charge in [-0.25, -0.2) is 4.98 Å². The van der Waals surface area contributed by atoms with Crippen molar-refractivity contribution in [2.75, 3.05) is 13.7 Å². The minimum atomic E-state index is -0.112. The molecule has 134 valence electrons. The number of nitrogens with zero attached hydrogens (tertiary/aromatic N) is 2. The van der Waals surface area contributed by atoms with E-state index in [4.69, 9.17) is 20.8 Å². The summed E-state index contributed by atoms with van der Waals surface area (Å²) in [5.74, 6) is 1.71. The summed E-state index contributed by atoms with van der Waals surface area (Å²) in [4.78, 5) is 22.1. The Kier molecular flexibility index (Phi) is 4.53. The molecule has 0 spiro atoms. The molecule has 3 aromatic rings. The summed E-state index contributed by atoms with van der Waals surface area (Å²) in [7, 11) is 1.60. The molecule has 0 aliphatic carbocycles. The third-order valence-electron chi connectivity index (χ3n) is 4.52. The van der Waals surface area contributed by atoms with E-state index in [-0.39, 0.29) is 5.56 Å². The van der Waals surface area contributed by atoms with Crippen molar-refractivity contribution in [1.82, 2.24) is 14.9 Å². The van der Waals surface area contributed by atoms with Crippen molar-refractivity contribution in [3.63, 3.8) is 0 Å². The van der Waals surface area contributed by atoms with Crippen LogP contribution in [0.4, 0.5) is 0 Å². The van der Waals surface area contributed by atoms with Crippen LogP contribution in [0.3, 0.4) is 0 Å². The number of benzene rings is 1. The smallest absolute Gasteiger partial charge is 0.256 e. The van der Waals surface area contributed by atoms with Crippen LogP contribution >= 0.6 is 11.6 Å². The lowest BCUT2D eigenvalue weighted by Gasteiger charge is -2.27. The number of furan rings is 1. The average Bonchev–Trinajstić information content (AvgIpc) is 3.17. The maximum atomic E-state index is 12.5. The Morgan fingerprint density at radius 3 is 3.00 bits per heavy atom. The quantitative estimate of drug-likeness (QED) is 0.762. The Balaban J connectivity index is 1.55. The van der Waals surface area contributed by atoms with E-state index < -0.39 is 0 Å². The average molecular weight is 372 g/mol. The van der Waals surface area contributed by atoms with Crippen molar-refractivity contribution >= 4 is 11.6 Å². The standard InChI is InChI=1S/C19H18ClN3O3/c1-25-16-5-4-12(9-14(16)20)10-23-7-6-15-13(11-23)19(24)22-18(21-15)17-3-2-8-26-17/h2-5,8-9H,6-7,10-11H2,1H3,(H,21,22,24). The van der Waals surface area contributed by atoms with Gasteiger partial charge in [0.25, 0.3) is 5.56 Å². The van der Waals surface area contributed by atoms with Gasteiger partial charge in [-0.05, 0) is 29.8 Å². The van der Waals surface area contributed by atoms with Crippen molar-refractivity contribution in [3.8, 4) is 17.3 Å². The second kappa shape index (κ2) is 6.97. The van der Waals surface area contributed by atoms with Gasteiger partial charge in [0, 0.05) is 26.1 Å². The minimum Gasteiger partial charge on any atom is -0.495 e. The topological polar surface area (TPSA) is 71.4 Å². The molecule has 6 nitrogen and oxygen atoms in total. The zero-order valence-corrected chi connectivity index (χ0v) is 15.0. The molecule has 1 aliphatic heterocycles. The lowest BCUT2D eigenvalue weighted by atomic mass is 10.1. The van der Waals surface area contributed by atoms with E-state index in [1.807, 2.05) is 18.2 Å². The van der Waals surface area contributed by atoms with Gasteiger partial charge in [0.05, 0.1) is 29.7 Å². The van der Waals surface area contributed by atoms with Gasteiger partial charge in [-0.15, -0.1) is 0 Å². The first kappa shape index (κ1) is 16.9. The molecule has 7 heteroatoms. The third kappa shape index (κ3) is 3.25. The molecule has 4 rings (SSSR count). The highest BCUT2D eigenvalue weighted by atomic mass is 35.5. The maximum Gasteiger partial charge on any atom is 0.256 e. The molecular formula is C19H18ClN3O3. The fourth-order valence-electron chi connectivity index (χ4n) is 3.21. The van der Waals surface area contributed by atoms with Gasteiger partial charge in [0.2, 0.25) is 0 Å². The second-order valence-electron chi connectivity index (χ2n) is 6.25. The van der Waals surface area contributed by atoms with E-state index in [1.54, 1.807) is 25.5 Å². The van der Waals surface area contributed by atoms with E-state index in [1.165, 1.54) is 0 Å². The monoisotopic (exact) mass is 371 g/mol. The van der Waals surface area contributed by atoms with E-state index in [9.17, 15) is 4.79 Å². The highest BCUT2D eigenvalue weighted by molar-refractivity contribution is 6.32. The predicted molar refractivity (Wildman–Crippen MR) is 98.4 cm³/mol. The number of ether oxygens (including phenoxy) is 1. The number of nitrogens with one attached hydrogen (secondary N) is 1. The molecule has 0 saturated carbocycles. The molecule has 0 bridgehead atoms. The number of hydrogen-bond donors (Lipinski definition) is 1. The molecule has 0 radical (unpaired) electrons. The molecule has 2 aromatic heterocycles. The number of H-pyrrole nitrogens is 1. The van der Waals surface area contributed by atoms with E-state index in [0.717, 1.165) is 24.2 Å². The van der Waals surface area contributed by atoms with Gasteiger partial charge >= 0.3 is 0 Å². The first-order valence-corrected chi connectivity index (χ1v) is 8.72. The van der Waals surface area contributed by atoms with Crippen LogP contribution in [0.5, 0.6) is 5.75 Å². The summed E-state index contributed by atoms with van der Waals surface area (Å²) < 4.78 is 10.5. The Morgan fingerprint density at radius 2 is 2.27 bits per heavy atom. The summed E-state index contributed by atoms with van der Waals surface area (Å²) >= 11 is 6.20. The van der Waals surface area contributed by atoms with E-state index in [2.05, 4.69) is 14.9 Å². The second-order valence-corrected chi connectivity index (χ2v) is 6.65. The Bertz CT molecular complexity index is 982. The maximum absolute atomic E-state index is 12.5. The SMILES string of the molecule is COc1ccc(CN2CCc3nc(-c4ccco4)[nH]c(=O)c3C2)cc1Cl. The van der Waals surface area contributed by atoms with Gasteiger partial charge in [0.1, 0.15) is 5.75 Å². The lowest BCUT2D eigenvalue weighted by molar-refractivity contribution is 0.241. The van der Waals surface area contributed by atoms with Crippen LogP contribution in [0.2, 0.25) is 5.02 Å². The van der Waals surface area contributed by atoms with E-state index >= 15 is 0 Å². The van der Waals surface area contributed by atoms with Crippen molar-refractivity contribution in [2.45, 2.75) is 19.5 Å². The molecule has 0 saturated heterocycles. The zero-order valence-electron chi connectivity index (χ0n) is 14.3. The molecule has 0 unspecified atom stereocenters. The first-order chi connectivity index (χ1) is 12.6. The van der Waals surface area contributed by atoms with Crippen molar-refractivity contribution in [3.05, 3.63) is 68.8 Å². The lowest BCUT2D eigenvalue weighted by Crippen LogP contribution is -2.35. The largest absolute Gasteiger partial charge is 0.495 e. The summed E-state index contributed by atoms with van der Waals surface area (Å²) in [6.45, 7) is 2.09. The van der Waals surface area contributed by atoms with Gasteiger partial charge in [-0.3, -0.25) is 9.69 Å². The fourth-order valence-corrected chi connectivity index (χ4v) is 3.49. The van der Waals surface area contributed by atoms with Gasteiger partial charge in [-0.2, -0.15) is 0 Å². The van der Waals surface area contributed by atoms with Gasteiger partial charge < -0.3 is 14.1 Å². The Morgan fingerprint density at radius 1 is 1.38 bits per heavy atom. The van der Waals surface area contributed by atoms with Crippen molar-refractivity contribution in [1.29, 1.82) is 0 Å². The summed E-state index contributed by atoms with van der Waals surface area (Å²) in [5, 5.41) is 0.588. The van der Waals surface area contributed by atoms with Crippen molar-refractivity contribution < 1.29 is 9.15 Å². The van der Waals surface area contributed by atoms with Crippen LogP contribution in [0.1, 0.15) is 16.8 Å². The van der Waals surface area contributed by atoms with Crippen LogP contribution in [-0.2, 0) is 19.5 Å². The van der Waals surface area contributed by atoms with Gasteiger partial charge in [-0.1, -0.05) is 17.7 Å². The van der Waals surface area contributed by atoms with Gasteiger partial charge in [0.15, 0.2) is 11.6 Å². The molecule has 1 aliphatic rings. The number of hydrogen-bond acceptors (Lipinski definition) is 5. The molecular weight excluding hydrogens is 354 g/mol. The molecule has 0 atom stereocenters. The molecule has 0 amide bonds. The predicted octanol–water partition coefficient (Wildman–Crippen LogP) is 3.25. The molecule has 1 aromatic carbocycles. The molecule has 26 heavy (non-hydrogen) atoms. The first-order valence-electron chi connectivity index (χ1n) is 8.35. The van der Waals surface area contributed by atoms with E-state index in [0.29, 0.717) is 41.0 Å². The number of rotatable bonds is 4. The fraction of sp³-hybridized carbons (Fsp3) is 0.263. The minimum absolute atomic E-state index is 0.112. The van der Waals surface area contributed by atoms with Crippen LogP contribution in [-0.4, -0.2) is 28.5 Å². The Labute approximate surface area is 155 Å². The normalized spacial score (nSPS) is 14.2. The number of halogens is 1. The number of aromatic nitrogens is 2. The third-order valence-corrected chi connectivity index (χ3v) is 4.82. The molecule has 3 heterocycles. The number of methoxy groups -OCH3 is 1. The highest BCUT2D eigenvalue weighted by Crippen LogP contribution is 2.26. The van der Waals surface area contributed by atoms with Crippen LogP contribution in [0, 0.1) is 0 Å². The number of fused-ring (bicyclic) bond motifs is 1. The highest BCUT2D eigenvalue weighted by Gasteiger charge is 2.22. The molecule has 0 fully saturated rings. The van der Waals surface area contributed by atoms with Crippen LogP contribution < -0.4 is 10.3 Å².